The van der Waals surface area contributed by atoms with Gasteiger partial charge in [-0.2, -0.15) is 0 Å². The van der Waals surface area contributed by atoms with Crippen molar-refractivity contribution in [2.24, 2.45) is 0 Å². The number of carbonyl (C=O) groups is 2. The summed E-state index contributed by atoms with van der Waals surface area (Å²) < 4.78 is 6.40. The molecule has 0 unspecified atom stereocenters. The molecule has 3 rings (SSSR count). The van der Waals surface area contributed by atoms with E-state index in [1.54, 1.807) is 0 Å². The fourth-order valence-corrected chi connectivity index (χ4v) is 3.70. The Kier molecular flexibility index (Phi) is 6.33. The van der Waals surface area contributed by atoms with Gasteiger partial charge in [0.05, 0.1) is 12.6 Å². The number of carbonyl (C=O) groups excluding carboxylic acids is 2. The fraction of sp³-hybridized carbons (Fsp3) is 0.300. The van der Waals surface area contributed by atoms with Crippen LogP contribution in [0.25, 0.3) is 0 Å². The Balaban J connectivity index is 1.65. The van der Waals surface area contributed by atoms with Gasteiger partial charge >= 0.3 is 6.09 Å². The van der Waals surface area contributed by atoms with Crippen LogP contribution >= 0.6 is 22.6 Å². The number of likely N-dealkylation sites (tertiary alicyclic amines) is 1. The molecule has 1 aliphatic heterocycles. The number of nitrogens with one attached hydrogen (secondary N) is 1. The Morgan fingerprint density at radius 2 is 2.00 bits per heavy atom. The lowest BCUT2D eigenvalue weighted by atomic mass is 10.1. The predicted molar refractivity (Wildman–Crippen MR) is 110 cm³/mol. The molecule has 1 saturated heterocycles. The van der Waals surface area contributed by atoms with E-state index < -0.39 is 18.2 Å². The van der Waals surface area contributed by atoms with Crippen LogP contribution in [0.15, 0.2) is 48.5 Å². The van der Waals surface area contributed by atoms with E-state index >= 15 is 0 Å². The summed E-state index contributed by atoms with van der Waals surface area (Å²) in [5.41, 5.74) is 2.49. The molecule has 7 heteroatoms. The highest BCUT2D eigenvalue weighted by atomic mass is 127. The van der Waals surface area contributed by atoms with E-state index in [4.69, 9.17) is 4.74 Å². The number of ether oxygens (including phenoxy) is 1. The monoisotopic (exact) mass is 480 g/mol. The van der Waals surface area contributed by atoms with Crippen molar-refractivity contribution in [3.8, 4) is 0 Å². The molecular weight excluding hydrogens is 459 g/mol. The highest BCUT2D eigenvalue weighted by molar-refractivity contribution is 14.1. The van der Waals surface area contributed by atoms with Crippen LogP contribution in [0.5, 0.6) is 0 Å². The molecule has 2 N–H and O–H groups in total. The Bertz CT molecular complexity index is 828. The topological polar surface area (TPSA) is 78.9 Å². The lowest BCUT2D eigenvalue weighted by Crippen LogP contribution is -2.43. The zero-order chi connectivity index (χ0) is 19.4. The highest BCUT2D eigenvalue weighted by Crippen LogP contribution is 2.23. The third kappa shape index (κ3) is 4.98. The van der Waals surface area contributed by atoms with Gasteiger partial charge in [0, 0.05) is 15.7 Å². The molecule has 142 valence electrons. The van der Waals surface area contributed by atoms with Gasteiger partial charge in [0.15, 0.2) is 0 Å². The second-order valence-electron chi connectivity index (χ2n) is 6.55. The lowest BCUT2D eigenvalue weighted by Gasteiger charge is -2.23. The van der Waals surface area contributed by atoms with Crippen molar-refractivity contribution in [3.63, 3.8) is 0 Å². The standard InChI is InChI=1S/C20H21IN2O4/c1-13-9-15(21)7-8-17(13)22-19(25)18-10-16(24)11-23(18)20(26)27-12-14-5-3-2-4-6-14/h2-9,16,18,24H,10-12H2,1H3,(H,22,25)/t16-,18+/m0/s1. The third-order valence-corrected chi connectivity index (χ3v) is 5.14. The minimum Gasteiger partial charge on any atom is -0.445 e. The molecule has 0 bridgehead atoms. The van der Waals surface area contributed by atoms with Gasteiger partial charge in [0.25, 0.3) is 0 Å². The van der Waals surface area contributed by atoms with E-state index in [2.05, 4.69) is 27.9 Å². The van der Waals surface area contributed by atoms with Crippen LogP contribution in [0.4, 0.5) is 10.5 Å². The second-order valence-corrected chi connectivity index (χ2v) is 7.79. The molecule has 1 heterocycles. The van der Waals surface area contributed by atoms with Gasteiger partial charge in [0.2, 0.25) is 5.91 Å². The van der Waals surface area contributed by atoms with E-state index in [1.807, 2.05) is 55.5 Å². The van der Waals surface area contributed by atoms with Crippen molar-refractivity contribution >= 4 is 40.3 Å². The van der Waals surface area contributed by atoms with Crippen LogP contribution in [-0.2, 0) is 16.1 Å². The van der Waals surface area contributed by atoms with E-state index in [-0.39, 0.29) is 25.5 Å². The van der Waals surface area contributed by atoms with E-state index in [9.17, 15) is 14.7 Å². The van der Waals surface area contributed by atoms with Gasteiger partial charge in [-0.3, -0.25) is 9.69 Å². The number of halogens is 1. The maximum absolute atomic E-state index is 12.7. The summed E-state index contributed by atoms with van der Waals surface area (Å²) in [6, 6.07) is 14.3. The van der Waals surface area contributed by atoms with Crippen molar-refractivity contribution in [1.29, 1.82) is 0 Å². The second kappa shape index (κ2) is 8.71. The number of aryl methyl sites for hydroxylation is 1. The quantitative estimate of drug-likeness (QED) is 0.659. The molecule has 0 aromatic heterocycles. The number of amides is 2. The number of nitrogens with zero attached hydrogens (tertiary/aromatic N) is 1. The van der Waals surface area contributed by atoms with Crippen LogP contribution in [0, 0.1) is 10.5 Å². The van der Waals surface area contributed by atoms with Gasteiger partial charge in [-0.1, -0.05) is 30.3 Å². The van der Waals surface area contributed by atoms with Crippen LogP contribution < -0.4 is 5.32 Å². The minimum absolute atomic E-state index is 0.0807. The Hall–Kier alpha value is -2.13. The number of anilines is 1. The molecule has 6 nitrogen and oxygen atoms in total. The molecule has 2 atom stereocenters. The molecule has 2 aromatic carbocycles. The first-order valence-corrected chi connectivity index (χ1v) is 9.74. The van der Waals surface area contributed by atoms with Gasteiger partial charge < -0.3 is 15.2 Å². The Labute approximate surface area is 171 Å². The summed E-state index contributed by atoms with van der Waals surface area (Å²) in [5, 5.41) is 12.8. The zero-order valence-corrected chi connectivity index (χ0v) is 17.0. The number of hydrogen-bond acceptors (Lipinski definition) is 4. The first-order valence-electron chi connectivity index (χ1n) is 8.66. The molecule has 0 saturated carbocycles. The number of rotatable bonds is 4. The zero-order valence-electron chi connectivity index (χ0n) is 14.9. The number of aliphatic hydroxyl groups is 1. The minimum atomic E-state index is -0.762. The average molecular weight is 480 g/mol. The maximum atomic E-state index is 12.7. The van der Waals surface area contributed by atoms with E-state index in [0.29, 0.717) is 5.69 Å². The van der Waals surface area contributed by atoms with E-state index in [1.165, 1.54) is 4.90 Å². The third-order valence-electron chi connectivity index (χ3n) is 4.47. The largest absolute Gasteiger partial charge is 0.445 e. The van der Waals surface area contributed by atoms with Crippen molar-refractivity contribution < 1.29 is 19.4 Å². The van der Waals surface area contributed by atoms with Gasteiger partial charge in [0.1, 0.15) is 12.6 Å². The SMILES string of the molecule is Cc1cc(I)ccc1NC(=O)[C@H]1C[C@H](O)CN1C(=O)OCc1ccccc1. The van der Waals surface area contributed by atoms with Gasteiger partial charge in [-0.05, 0) is 58.8 Å². The summed E-state index contributed by atoms with van der Waals surface area (Å²) in [6.45, 7) is 2.11. The molecule has 2 amide bonds. The Morgan fingerprint density at radius 1 is 1.26 bits per heavy atom. The summed E-state index contributed by atoms with van der Waals surface area (Å²) in [4.78, 5) is 26.5. The summed E-state index contributed by atoms with van der Waals surface area (Å²) in [7, 11) is 0. The molecular formula is C20H21IN2O4. The summed E-state index contributed by atoms with van der Waals surface area (Å²) in [5.74, 6) is -0.326. The van der Waals surface area contributed by atoms with Gasteiger partial charge in [-0.15, -0.1) is 0 Å². The van der Waals surface area contributed by atoms with E-state index in [0.717, 1.165) is 14.7 Å². The number of β-amino-alcohol motifs (C(OH)–C–C–N with tert-alkyl or cyclic N) is 1. The first-order chi connectivity index (χ1) is 12.9. The van der Waals surface area contributed by atoms with Crippen LogP contribution in [0.1, 0.15) is 17.5 Å². The van der Waals surface area contributed by atoms with Crippen molar-refractivity contribution in [2.45, 2.75) is 32.1 Å². The van der Waals surface area contributed by atoms with Crippen molar-refractivity contribution in [1.82, 2.24) is 4.90 Å². The van der Waals surface area contributed by atoms with Crippen LogP contribution in [-0.4, -0.2) is 40.7 Å². The lowest BCUT2D eigenvalue weighted by molar-refractivity contribution is -0.120. The van der Waals surface area contributed by atoms with Crippen LogP contribution in [0.3, 0.4) is 0 Å². The molecule has 1 fully saturated rings. The normalized spacial score (nSPS) is 19.0. The predicted octanol–water partition coefficient (Wildman–Crippen LogP) is 3.31. The average Bonchev–Trinajstić information content (AvgIpc) is 3.05. The smallest absolute Gasteiger partial charge is 0.410 e. The molecule has 27 heavy (non-hydrogen) atoms. The number of benzene rings is 2. The molecule has 2 aromatic rings. The molecule has 0 spiro atoms. The number of aliphatic hydroxyl groups excluding tert-OH is 1. The van der Waals surface area contributed by atoms with Crippen molar-refractivity contribution in [2.75, 3.05) is 11.9 Å². The van der Waals surface area contributed by atoms with Gasteiger partial charge in [-0.25, -0.2) is 4.79 Å². The molecule has 0 radical (unpaired) electrons. The number of hydrogen-bond donors (Lipinski definition) is 2. The maximum Gasteiger partial charge on any atom is 0.410 e. The molecule has 1 aliphatic rings. The first kappa shape index (κ1) is 19.6. The van der Waals surface area contributed by atoms with Crippen molar-refractivity contribution in [3.05, 3.63) is 63.2 Å². The van der Waals surface area contributed by atoms with Crippen LogP contribution in [0.2, 0.25) is 0 Å². The summed E-state index contributed by atoms with van der Waals surface area (Å²) in [6.07, 6.45) is -1.16. The fourth-order valence-electron chi connectivity index (χ4n) is 3.05. The Morgan fingerprint density at radius 3 is 2.70 bits per heavy atom. The highest BCUT2D eigenvalue weighted by Gasteiger charge is 2.40. The summed E-state index contributed by atoms with van der Waals surface area (Å²) >= 11 is 2.21. The molecule has 0 aliphatic carbocycles.